The fourth-order valence-electron chi connectivity index (χ4n) is 3.62. The molecular formula is C19H27F3N2O5S. The van der Waals surface area contributed by atoms with E-state index in [-0.39, 0.29) is 6.10 Å². The van der Waals surface area contributed by atoms with Crippen LogP contribution < -0.4 is 0 Å². The molecule has 0 radical (unpaired) electrons. The number of ether oxygens (including phenoxy) is 1. The minimum absolute atomic E-state index is 0.131. The van der Waals surface area contributed by atoms with E-state index in [4.69, 9.17) is 14.6 Å². The van der Waals surface area contributed by atoms with Crippen molar-refractivity contribution in [2.24, 2.45) is 11.8 Å². The average Bonchev–Trinajstić information content (AvgIpc) is 3.03. The van der Waals surface area contributed by atoms with Crippen LogP contribution in [0, 0.1) is 18.8 Å². The molecule has 11 heteroatoms. The Morgan fingerprint density at radius 3 is 2.33 bits per heavy atom. The minimum Gasteiger partial charge on any atom is -0.475 e. The zero-order valence-electron chi connectivity index (χ0n) is 17.1. The summed E-state index contributed by atoms with van der Waals surface area (Å²) >= 11 is 0. The molecule has 170 valence electrons. The molecule has 2 heterocycles. The summed E-state index contributed by atoms with van der Waals surface area (Å²) in [5.41, 5.74) is 1.07. The summed E-state index contributed by atoms with van der Waals surface area (Å²) in [6.45, 7) is 4.74. The molecule has 0 bridgehead atoms. The number of alkyl halides is 3. The number of carboxylic acids is 1. The van der Waals surface area contributed by atoms with Gasteiger partial charge in [-0.3, -0.25) is 0 Å². The highest BCUT2D eigenvalue weighted by Crippen LogP contribution is 2.36. The average molecular weight is 452 g/mol. The normalized spacial score (nSPS) is 24.8. The van der Waals surface area contributed by atoms with Crippen molar-refractivity contribution in [3.63, 3.8) is 0 Å². The monoisotopic (exact) mass is 452 g/mol. The summed E-state index contributed by atoms with van der Waals surface area (Å²) < 4.78 is 65.1. The number of fused-ring (bicyclic) bond motifs is 1. The van der Waals surface area contributed by atoms with E-state index in [9.17, 15) is 21.6 Å². The van der Waals surface area contributed by atoms with E-state index >= 15 is 0 Å². The van der Waals surface area contributed by atoms with Crippen molar-refractivity contribution in [2.45, 2.75) is 30.5 Å². The van der Waals surface area contributed by atoms with Crippen LogP contribution in [0.25, 0.3) is 0 Å². The molecule has 0 saturated carbocycles. The van der Waals surface area contributed by atoms with Crippen molar-refractivity contribution >= 4 is 16.0 Å². The Hall–Kier alpha value is -1.69. The van der Waals surface area contributed by atoms with Crippen LogP contribution >= 0.6 is 0 Å². The summed E-state index contributed by atoms with van der Waals surface area (Å²) in [5, 5.41) is 7.12. The van der Waals surface area contributed by atoms with Gasteiger partial charge in [0.25, 0.3) is 0 Å². The van der Waals surface area contributed by atoms with Crippen LogP contribution in [0.3, 0.4) is 0 Å². The number of carboxylic acid groups (broad SMARTS) is 1. The Labute approximate surface area is 174 Å². The Morgan fingerprint density at radius 2 is 1.83 bits per heavy atom. The maximum absolute atomic E-state index is 12.9. The van der Waals surface area contributed by atoms with Crippen molar-refractivity contribution in [2.75, 3.05) is 40.3 Å². The van der Waals surface area contributed by atoms with E-state index in [1.165, 1.54) is 0 Å². The number of likely N-dealkylation sites (N-methyl/N-ethyl adjacent to an activating group) is 1. The number of nitrogens with zero attached hydrogens (tertiary/aromatic N) is 2. The molecule has 0 spiro atoms. The number of rotatable bonds is 4. The Kier molecular flexibility index (Phi) is 7.89. The standard InChI is InChI=1S/C17H26N2O3S.C2HF3O2/c1-13-4-6-15(7-5-13)23(20,21)19-9-8-14-12-22-17(11-18(2)3)16(14)10-19;3-2(4,5)1(6)7/h4-7,14,16-17H,8-12H2,1-3H3;(H,6,7)/t14-,16-,17+;/m0./s1. The van der Waals surface area contributed by atoms with E-state index in [1.807, 2.05) is 33.2 Å². The Bertz CT molecular complexity index is 828. The molecule has 2 aliphatic rings. The van der Waals surface area contributed by atoms with Gasteiger partial charge < -0.3 is 14.7 Å². The molecule has 2 aliphatic heterocycles. The molecule has 1 aromatic rings. The number of benzene rings is 1. The van der Waals surface area contributed by atoms with Crippen molar-refractivity contribution in [1.82, 2.24) is 9.21 Å². The molecule has 3 rings (SSSR count). The molecule has 1 N–H and O–H groups in total. The number of halogens is 3. The third kappa shape index (κ3) is 6.16. The van der Waals surface area contributed by atoms with Gasteiger partial charge in [0.1, 0.15) is 0 Å². The molecule has 30 heavy (non-hydrogen) atoms. The highest BCUT2D eigenvalue weighted by atomic mass is 32.2. The number of carbonyl (C=O) groups is 1. The van der Waals surface area contributed by atoms with E-state index in [0.717, 1.165) is 25.1 Å². The largest absolute Gasteiger partial charge is 0.490 e. The SMILES string of the molecule is Cc1ccc(S(=O)(=O)N2CC[C@H]3CO[C@H](CN(C)C)[C@H]3C2)cc1.O=C(O)C(F)(F)F. The predicted octanol–water partition coefficient (Wildman–Crippen LogP) is 2.22. The molecule has 0 aliphatic carbocycles. The van der Waals surface area contributed by atoms with Crippen LogP contribution in [-0.4, -0.2) is 81.3 Å². The van der Waals surface area contributed by atoms with Gasteiger partial charge in [-0.2, -0.15) is 17.5 Å². The molecule has 0 amide bonds. The van der Waals surface area contributed by atoms with Crippen LogP contribution in [0.15, 0.2) is 29.2 Å². The lowest BCUT2D eigenvalue weighted by Crippen LogP contribution is -2.46. The maximum Gasteiger partial charge on any atom is 0.490 e. The first kappa shape index (κ1) is 24.6. The second kappa shape index (κ2) is 9.63. The van der Waals surface area contributed by atoms with E-state index < -0.39 is 22.2 Å². The van der Waals surface area contributed by atoms with Crippen molar-refractivity contribution in [3.05, 3.63) is 29.8 Å². The third-order valence-electron chi connectivity index (χ3n) is 5.22. The summed E-state index contributed by atoms with van der Waals surface area (Å²) in [6.07, 6.45) is -4.06. The second-order valence-corrected chi connectivity index (χ2v) is 9.76. The van der Waals surface area contributed by atoms with Gasteiger partial charge in [-0.1, -0.05) is 17.7 Å². The molecule has 7 nitrogen and oxygen atoms in total. The number of hydrogen-bond acceptors (Lipinski definition) is 5. The van der Waals surface area contributed by atoms with Gasteiger partial charge >= 0.3 is 12.1 Å². The van der Waals surface area contributed by atoms with Crippen LogP contribution in [0.5, 0.6) is 0 Å². The van der Waals surface area contributed by atoms with Crippen LogP contribution in [0.4, 0.5) is 13.2 Å². The molecule has 1 aromatic carbocycles. The van der Waals surface area contributed by atoms with Gasteiger partial charge in [0.2, 0.25) is 10.0 Å². The fourth-order valence-corrected chi connectivity index (χ4v) is 5.12. The lowest BCUT2D eigenvalue weighted by Gasteiger charge is -2.35. The highest BCUT2D eigenvalue weighted by Gasteiger charge is 2.43. The number of piperidine rings is 1. The van der Waals surface area contributed by atoms with Gasteiger partial charge in [0.05, 0.1) is 17.6 Å². The summed E-state index contributed by atoms with van der Waals surface area (Å²) in [7, 11) is 0.651. The quantitative estimate of drug-likeness (QED) is 0.754. The highest BCUT2D eigenvalue weighted by molar-refractivity contribution is 7.89. The van der Waals surface area contributed by atoms with Gasteiger partial charge in [-0.25, -0.2) is 13.2 Å². The first-order valence-electron chi connectivity index (χ1n) is 9.45. The molecule has 0 aromatic heterocycles. The van der Waals surface area contributed by atoms with Gasteiger partial charge in [0, 0.05) is 25.6 Å². The molecule has 3 atom stereocenters. The summed E-state index contributed by atoms with van der Waals surface area (Å²) in [4.78, 5) is 11.4. The topological polar surface area (TPSA) is 87.2 Å². The lowest BCUT2D eigenvalue weighted by molar-refractivity contribution is -0.192. The van der Waals surface area contributed by atoms with Crippen molar-refractivity contribution < 1.29 is 36.2 Å². The van der Waals surface area contributed by atoms with Crippen LogP contribution in [-0.2, 0) is 19.6 Å². The summed E-state index contributed by atoms with van der Waals surface area (Å²) in [6, 6.07) is 7.12. The zero-order chi connectivity index (χ0) is 22.7. The maximum atomic E-state index is 12.9. The smallest absolute Gasteiger partial charge is 0.475 e. The zero-order valence-corrected chi connectivity index (χ0v) is 17.9. The van der Waals surface area contributed by atoms with Crippen molar-refractivity contribution in [3.8, 4) is 0 Å². The second-order valence-electron chi connectivity index (χ2n) is 7.83. The predicted molar refractivity (Wildman–Crippen MR) is 104 cm³/mol. The number of aliphatic carboxylic acids is 1. The minimum atomic E-state index is -5.08. The third-order valence-corrected chi connectivity index (χ3v) is 7.10. The Morgan fingerprint density at radius 1 is 1.27 bits per heavy atom. The summed E-state index contributed by atoms with van der Waals surface area (Å²) in [5.74, 6) is -1.97. The van der Waals surface area contributed by atoms with Gasteiger partial charge in [0.15, 0.2) is 0 Å². The molecule has 2 saturated heterocycles. The van der Waals surface area contributed by atoms with E-state index in [1.54, 1.807) is 16.4 Å². The number of aryl methyl sites for hydroxylation is 1. The molecule has 2 fully saturated rings. The first-order chi connectivity index (χ1) is 13.8. The Balaban J connectivity index is 0.000000396. The van der Waals surface area contributed by atoms with Crippen LogP contribution in [0.1, 0.15) is 12.0 Å². The fraction of sp³-hybridized carbons (Fsp3) is 0.632. The number of sulfonamides is 1. The van der Waals surface area contributed by atoms with E-state index in [2.05, 4.69) is 4.90 Å². The van der Waals surface area contributed by atoms with E-state index in [0.29, 0.717) is 29.8 Å². The molecule has 0 unspecified atom stereocenters. The van der Waals surface area contributed by atoms with Crippen LogP contribution in [0.2, 0.25) is 0 Å². The lowest BCUT2D eigenvalue weighted by atomic mass is 9.85. The van der Waals surface area contributed by atoms with Gasteiger partial charge in [-0.15, -0.1) is 0 Å². The molecular weight excluding hydrogens is 425 g/mol. The van der Waals surface area contributed by atoms with Gasteiger partial charge in [-0.05, 0) is 45.5 Å². The van der Waals surface area contributed by atoms with Crippen molar-refractivity contribution in [1.29, 1.82) is 0 Å². The number of hydrogen-bond donors (Lipinski definition) is 1. The first-order valence-corrected chi connectivity index (χ1v) is 10.9.